The summed E-state index contributed by atoms with van der Waals surface area (Å²) in [6, 6.07) is 8.11. The molecule has 9 nitrogen and oxygen atoms in total. The first kappa shape index (κ1) is 30.2. The predicted octanol–water partition coefficient (Wildman–Crippen LogP) is 5.53. The minimum absolute atomic E-state index is 0.0866. The average Bonchev–Trinajstić information content (AvgIpc) is 2.90. The molecule has 1 amide bonds. The van der Waals surface area contributed by atoms with Gasteiger partial charge in [-0.05, 0) is 89.6 Å². The summed E-state index contributed by atoms with van der Waals surface area (Å²) in [7, 11) is 3.03. The topological polar surface area (TPSA) is 99.2 Å². The van der Waals surface area contributed by atoms with Crippen LogP contribution in [0.4, 0.5) is 10.5 Å². The summed E-state index contributed by atoms with van der Waals surface area (Å²) in [6.07, 6.45) is 4.94. The molecule has 1 N–H and O–H groups in total. The fourth-order valence-corrected chi connectivity index (χ4v) is 4.98. The lowest BCUT2D eigenvalue weighted by Crippen LogP contribution is -2.45. The van der Waals surface area contributed by atoms with Crippen LogP contribution >= 0.6 is 0 Å². The number of aromatic nitrogens is 1. The van der Waals surface area contributed by atoms with Crippen molar-refractivity contribution in [2.45, 2.75) is 78.0 Å². The van der Waals surface area contributed by atoms with E-state index in [1.807, 2.05) is 45.9 Å². The molecule has 1 aromatic heterocycles. The molecule has 0 aliphatic heterocycles. The van der Waals surface area contributed by atoms with E-state index in [1.165, 1.54) is 7.11 Å². The number of carbonyl (C=O) groups is 2. The van der Waals surface area contributed by atoms with E-state index in [9.17, 15) is 9.59 Å². The Morgan fingerprint density at radius 1 is 1.05 bits per heavy atom. The van der Waals surface area contributed by atoms with Crippen LogP contribution in [0, 0.1) is 6.92 Å². The third-order valence-corrected chi connectivity index (χ3v) is 6.90. The molecule has 0 bridgehead atoms. The van der Waals surface area contributed by atoms with Gasteiger partial charge in [-0.15, -0.1) is 0 Å². The van der Waals surface area contributed by atoms with Crippen molar-refractivity contribution in [3.63, 3.8) is 0 Å². The first-order valence-corrected chi connectivity index (χ1v) is 13.6. The van der Waals surface area contributed by atoms with E-state index in [0.717, 1.165) is 54.6 Å². The third-order valence-electron chi connectivity index (χ3n) is 6.90. The Morgan fingerprint density at radius 3 is 2.33 bits per heavy atom. The van der Waals surface area contributed by atoms with E-state index >= 15 is 0 Å². The number of methoxy groups -OCH3 is 2. The van der Waals surface area contributed by atoms with Crippen molar-refractivity contribution in [2.75, 3.05) is 38.9 Å². The molecule has 0 atom stereocenters. The molecule has 9 heteroatoms. The number of rotatable bonds is 10. The van der Waals surface area contributed by atoms with Gasteiger partial charge in [-0.25, -0.2) is 14.6 Å². The van der Waals surface area contributed by atoms with Crippen LogP contribution in [0.3, 0.4) is 0 Å². The highest BCUT2D eigenvalue weighted by atomic mass is 16.6. The summed E-state index contributed by atoms with van der Waals surface area (Å²) < 4.78 is 21.2. The molecule has 0 spiro atoms. The second-order valence-electron chi connectivity index (χ2n) is 10.8. The summed E-state index contributed by atoms with van der Waals surface area (Å²) in [5, 5.41) is 3.02. The van der Waals surface area contributed by atoms with Crippen LogP contribution in [0.5, 0.6) is 5.88 Å². The number of ether oxygens (including phenoxy) is 4. The van der Waals surface area contributed by atoms with Crippen LogP contribution in [-0.4, -0.2) is 68.7 Å². The maximum atomic E-state index is 12.8. The SMILES string of the molecule is CCN(c1cc(-c2ccc(OCCOC)nc2)cc(C(=O)OC)c1C)C1CCC(NC(=O)OC(C)(C)C)CC1. The van der Waals surface area contributed by atoms with Crippen LogP contribution in [-0.2, 0) is 14.2 Å². The maximum Gasteiger partial charge on any atom is 0.407 e. The van der Waals surface area contributed by atoms with E-state index in [0.29, 0.717) is 24.7 Å². The molecule has 3 rings (SSSR count). The normalized spacial score (nSPS) is 17.3. The van der Waals surface area contributed by atoms with Gasteiger partial charge < -0.3 is 29.2 Å². The van der Waals surface area contributed by atoms with Gasteiger partial charge in [0.2, 0.25) is 5.88 Å². The molecule has 0 saturated heterocycles. The van der Waals surface area contributed by atoms with Crippen molar-refractivity contribution in [1.82, 2.24) is 10.3 Å². The van der Waals surface area contributed by atoms with Crippen molar-refractivity contribution in [1.29, 1.82) is 0 Å². The van der Waals surface area contributed by atoms with E-state index in [-0.39, 0.29) is 24.1 Å². The highest BCUT2D eigenvalue weighted by Crippen LogP contribution is 2.35. The largest absolute Gasteiger partial charge is 0.475 e. The number of carbonyl (C=O) groups excluding carboxylic acids is 2. The van der Waals surface area contributed by atoms with Crippen molar-refractivity contribution in [3.8, 4) is 17.0 Å². The first-order valence-electron chi connectivity index (χ1n) is 13.6. The van der Waals surface area contributed by atoms with Crippen LogP contribution in [0.25, 0.3) is 11.1 Å². The number of hydrogen-bond acceptors (Lipinski definition) is 8. The van der Waals surface area contributed by atoms with Crippen LogP contribution < -0.4 is 15.0 Å². The number of benzene rings is 1. The summed E-state index contributed by atoms with van der Waals surface area (Å²) in [6.45, 7) is 11.4. The number of amides is 1. The van der Waals surface area contributed by atoms with Gasteiger partial charge in [0.15, 0.2) is 0 Å². The fourth-order valence-electron chi connectivity index (χ4n) is 4.98. The highest BCUT2D eigenvalue weighted by Gasteiger charge is 2.29. The molecule has 1 saturated carbocycles. The minimum atomic E-state index is -0.521. The quantitative estimate of drug-likeness (QED) is 0.310. The number of nitrogens with one attached hydrogen (secondary N) is 1. The highest BCUT2D eigenvalue weighted by molar-refractivity contribution is 5.95. The molecule has 0 unspecified atom stereocenters. The second-order valence-corrected chi connectivity index (χ2v) is 10.8. The summed E-state index contributed by atoms with van der Waals surface area (Å²) >= 11 is 0. The molecule has 1 fully saturated rings. The Balaban J connectivity index is 1.82. The zero-order chi connectivity index (χ0) is 28.6. The summed E-state index contributed by atoms with van der Waals surface area (Å²) in [4.78, 5) is 31.8. The molecule has 0 radical (unpaired) electrons. The van der Waals surface area contributed by atoms with Gasteiger partial charge in [-0.3, -0.25) is 0 Å². The Kier molecular flexibility index (Phi) is 10.6. The number of hydrogen-bond donors (Lipinski definition) is 1. The maximum absolute atomic E-state index is 12.8. The van der Waals surface area contributed by atoms with E-state index in [2.05, 4.69) is 28.2 Å². The standard InChI is InChI=1S/C30H43N3O6/c1-8-33(24-12-10-23(11-13-24)32-29(35)39-30(3,4)5)26-18-22(17-25(20(26)2)28(34)37-7)21-9-14-27(31-19-21)38-16-15-36-6/h9,14,17-19,23-24H,8,10-13,15-16H2,1-7H3,(H,32,35). The second kappa shape index (κ2) is 13.6. The number of anilines is 1. The Morgan fingerprint density at radius 2 is 1.77 bits per heavy atom. The van der Waals surface area contributed by atoms with Crippen LogP contribution in [0.1, 0.15) is 69.3 Å². The van der Waals surface area contributed by atoms with Crippen molar-refractivity contribution in [2.24, 2.45) is 0 Å². The zero-order valence-corrected chi connectivity index (χ0v) is 24.3. The Hall–Kier alpha value is -3.33. The molecular weight excluding hydrogens is 498 g/mol. The summed E-state index contributed by atoms with van der Waals surface area (Å²) in [5.41, 5.74) is 3.65. The van der Waals surface area contributed by atoms with Gasteiger partial charge in [0.1, 0.15) is 12.2 Å². The first-order chi connectivity index (χ1) is 18.6. The molecule has 39 heavy (non-hydrogen) atoms. The number of nitrogens with zero attached hydrogens (tertiary/aromatic N) is 2. The van der Waals surface area contributed by atoms with Crippen molar-refractivity contribution < 1.29 is 28.5 Å². The van der Waals surface area contributed by atoms with E-state index in [1.54, 1.807) is 13.3 Å². The minimum Gasteiger partial charge on any atom is -0.475 e. The summed E-state index contributed by atoms with van der Waals surface area (Å²) in [5.74, 6) is 0.146. The average molecular weight is 542 g/mol. The molecule has 1 aliphatic rings. The lowest BCUT2D eigenvalue weighted by atomic mass is 9.89. The molecule has 1 heterocycles. The van der Waals surface area contributed by atoms with Gasteiger partial charge in [0.05, 0.1) is 19.3 Å². The molecule has 1 aliphatic carbocycles. The van der Waals surface area contributed by atoms with E-state index < -0.39 is 5.60 Å². The fraction of sp³-hybridized carbons (Fsp3) is 0.567. The van der Waals surface area contributed by atoms with Crippen LogP contribution in [0.2, 0.25) is 0 Å². The lowest BCUT2D eigenvalue weighted by Gasteiger charge is -2.39. The monoisotopic (exact) mass is 541 g/mol. The van der Waals surface area contributed by atoms with Gasteiger partial charge in [-0.2, -0.15) is 0 Å². The number of pyridine rings is 1. The van der Waals surface area contributed by atoms with Gasteiger partial charge >= 0.3 is 12.1 Å². The van der Waals surface area contributed by atoms with Crippen molar-refractivity contribution >= 4 is 17.7 Å². The molecule has 2 aromatic rings. The van der Waals surface area contributed by atoms with Gasteiger partial charge in [0.25, 0.3) is 0 Å². The number of alkyl carbamates (subject to hydrolysis) is 1. The number of esters is 1. The Bertz CT molecular complexity index is 1100. The van der Waals surface area contributed by atoms with Crippen molar-refractivity contribution in [3.05, 3.63) is 41.6 Å². The van der Waals surface area contributed by atoms with Crippen LogP contribution in [0.15, 0.2) is 30.5 Å². The van der Waals surface area contributed by atoms with Gasteiger partial charge in [0, 0.05) is 49.3 Å². The predicted molar refractivity (Wildman–Crippen MR) is 152 cm³/mol. The van der Waals surface area contributed by atoms with E-state index in [4.69, 9.17) is 18.9 Å². The third kappa shape index (κ3) is 8.33. The Labute approximate surface area is 232 Å². The zero-order valence-electron chi connectivity index (χ0n) is 24.3. The molecule has 214 valence electrons. The molecular formula is C30H43N3O6. The van der Waals surface area contributed by atoms with Gasteiger partial charge in [-0.1, -0.05) is 0 Å². The lowest BCUT2D eigenvalue weighted by molar-refractivity contribution is 0.0490. The molecule has 1 aromatic carbocycles. The smallest absolute Gasteiger partial charge is 0.407 e.